The number of nitrogens with zero attached hydrogens (tertiary/aromatic N) is 4. The van der Waals surface area contributed by atoms with Crippen LogP contribution in [0.2, 0.25) is 0 Å². The number of hydrogen-bond acceptors (Lipinski definition) is 3. The first-order valence-corrected chi connectivity index (χ1v) is 15.0. The number of para-hydroxylation sites is 1. The van der Waals surface area contributed by atoms with Crippen molar-refractivity contribution in [3.05, 3.63) is 163 Å². The van der Waals surface area contributed by atoms with Gasteiger partial charge < -0.3 is 0 Å². The van der Waals surface area contributed by atoms with E-state index in [1.165, 1.54) is 0 Å². The molecule has 0 aliphatic carbocycles. The third kappa shape index (κ3) is 4.72. The Morgan fingerprint density at radius 2 is 1.11 bits per heavy atom. The topological polar surface area (TPSA) is 53.9 Å². The van der Waals surface area contributed by atoms with E-state index in [1.807, 2.05) is 60.7 Å². The number of benzene rings is 7. The molecule has 46 heavy (non-hydrogen) atoms. The van der Waals surface area contributed by atoms with E-state index < -0.39 is 0 Å². The first-order chi connectivity index (χ1) is 22.7. The van der Waals surface area contributed by atoms with Crippen LogP contribution < -0.4 is 0 Å². The van der Waals surface area contributed by atoms with Crippen molar-refractivity contribution in [1.29, 1.82) is 5.26 Å². The summed E-state index contributed by atoms with van der Waals surface area (Å²) in [6.45, 7) is 7.21. The van der Waals surface area contributed by atoms with Gasteiger partial charge in [-0.3, -0.25) is 0 Å². The fourth-order valence-corrected chi connectivity index (χ4v) is 6.20. The van der Waals surface area contributed by atoms with Gasteiger partial charge in [-0.05, 0) is 74.1 Å². The van der Waals surface area contributed by atoms with Crippen LogP contribution in [0.3, 0.4) is 0 Å². The lowest BCUT2D eigenvalue weighted by atomic mass is 9.93. The van der Waals surface area contributed by atoms with Crippen LogP contribution in [0.25, 0.3) is 82.2 Å². The maximum Gasteiger partial charge on any atom is 0.187 e. The number of hydrogen-bond donors (Lipinski definition) is 0. The maximum atomic E-state index is 9.34. The standard InChI is InChI=1S/C42H24N4/c1-44-34-20-18-29(19-21-34)28-12-14-30(15-13-28)35-22-23-38(37-7-3-2-6-36(35)37)42-45-40-9-5-4-8-39(40)41(46-42)33-17-16-31-24-27(26-43)10-11-32(31)25-33/h2-25H. The minimum absolute atomic E-state index is 0.641. The molecule has 0 aliphatic rings. The van der Waals surface area contributed by atoms with Crippen molar-refractivity contribution in [2.75, 3.05) is 0 Å². The molecule has 4 nitrogen and oxygen atoms in total. The van der Waals surface area contributed by atoms with Gasteiger partial charge >= 0.3 is 0 Å². The molecule has 0 radical (unpaired) electrons. The van der Waals surface area contributed by atoms with Crippen LogP contribution in [0.1, 0.15) is 5.56 Å². The summed E-state index contributed by atoms with van der Waals surface area (Å²) >= 11 is 0. The predicted octanol–water partition coefficient (Wildman–Crippen LogP) is 11.0. The second-order valence-corrected chi connectivity index (χ2v) is 11.2. The van der Waals surface area contributed by atoms with Gasteiger partial charge in [0.25, 0.3) is 0 Å². The predicted molar refractivity (Wildman–Crippen MR) is 187 cm³/mol. The molecular formula is C42H24N4. The Bertz CT molecular complexity index is 2530. The van der Waals surface area contributed by atoms with E-state index in [-0.39, 0.29) is 0 Å². The molecule has 0 atom stereocenters. The first kappa shape index (κ1) is 27.0. The summed E-state index contributed by atoms with van der Waals surface area (Å²) < 4.78 is 0. The van der Waals surface area contributed by atoms with Crippen LogP contribution in [0.4, 0.5) is 5.69 Å². The van der Waals surface area contributed by atoms with Gasteiger partial charge in [-0.2, -0.15) is 5.26 Å². The molecule has 0 amide bonds. The highest BCUT2D eigenvalue weighted by molar-refractivity contribution is 6.05. The minimum Gasteiger partial charge on any atom is -0.238 e. The Labute approximate surface area is 266 Å². The molecule has 1 heterocycles. The maximum absolute atomic E-state index is 9.34. The Morgan fingerprint density at radius 1 is 0.522 bits per heavy atom. The summed E-state index contributed by atoms with van der Waals surface area (Å²) in [5.41, 5.74) is 9.48. The molecule has 0 unspecified atom stereocenters. The normalized spacial score (nSPS) is 11.0. The molecule has 8 rings (SSSR count). The molecule has 0 saturated carbocycles. The Balaban J connectivity index is 1.24. The summed E-state index contributed by atoms with van der Waals surface area (Å²) in [5.74, 6) is 0.676. The Hall–Kier alpha value is -6.62. The van der Waals surface area contributed by atoms with Crippen molar-refractivity contribution in [3.63, 3.8) is 0 Å². The summed E-state index contributed by atoms with van der Waals surface area (Å²) in [6.07, 6.45) is 0. The summed E-state index contributed by atoms with van der Waals surface area (Å²) in [4.78, 5) is 13.8. The number of fused-ring (bicyclic) bond motifs is 3. The molecule has 0 N–H and O–H groups in total. The average molecular weight is 585 g/mol. The van der Waals surface area contributed by atoms with Gasteiger partial charge in [-0.25, -0.2) is 14.8 Å². The Kier molecular flexibility index (Phi) is 6.53. The second kappa shape index (κ2) is 11.1. The van der Waals surface area contributed by atoms with Crippen LogP contribution in [-0.2, 0) is 0 Å². The van der Waals surface area contributed by atoms with Gasteiger partial charge in [-0.1, -0.05) is 115 Å². The highest BCUT2D eigenvalue weighted by atomic mass is 14.9. The van der Waals surface area contributed by atoms with Crippen LogP contribution in [-0.4, -0.2) is 9.97 Å². The zero-order valence-electron chi connectivity index (χ0n) is 24.6. The fraction of sp³-hybridized carbons (Fsp3) is 0. The molecule has 1 aromatic heterocycles. The summed E-state index contributed by atoms with van der Waals surface area (Å²) in [6, 6.07) is 51.4. The second-order valence-electron chi connectivity index (χ2n) is 11.2. The highest BCUT2D eigenvalue weighted by Crippen LogP contribution is 2.37. The van der Waals surface area contributed by atoms with Crippen LogP contribution >= 0.6 is 0 Å². The zero-order chi connectivity index (χ0) is 31.0. The molecule has 0 spiro atoms. The molecular weight excluding hydrogens is 560 g/mol. The lowest BCUT2D eigenvalue weighted by molar-refractivity contribution is 1.23. The molecule has 7 aromatic carbocycles. The van der Waals surface area contributed by atoms with E-state index in [2.05, 4.69) is 95.8 Å². The average Bonchev–Trinajstić information content (AvgIpc) is 3.13. The number of aromatic nitrogens is 2. The smallest absolute Gasteiger partial charge is 0.187 e. The summed E-state index contributed by atoms with van der Waals surface area (Å²) in [7, 11) is 0. The van der Waals surface area contributed by atoms with Gasteiger partial charge in [0, 0.05) is 16.5 Å². The summed E-state index contributed by atoms with van der Waals surface area (Å²) in [5, 5.41) is 14.6. The Morgan fingerprint density at radius 3 is 1.85 bits per heavy atom. The van der Waals surface area contributed by atoms with Crippen molar-refractivity contribution in [1.82, 2.24) is 9.97 Å². The molecule has 0 fully saturated rings. The van der Waals surface area contributed by atoms with Crippen LogP contribution in [0.15, 0.2) is 146 Å². The molecule has 0 aliphatic heterocycles. The van der Waals surface area contributed by atoms with Crippen molar-refractivity contribution < 1.29 is 0 Å². The van der Waals surface area contributed by atoms with E-state index >= 15 is 0 Å². The van der Waals surface area contributed by atoms with Gasteiger partial charge in [0.15, 0.2) is 11.5 Å². The lowest BCUT2D eigenvalue weighted by Gasteiger charge is -2.14. The van der Waals surface area contributed by atoms with E-state index in [0.29, 0.717) is 17.1 Å². The van der Waals surface area contributed by atoms with E-state index in [4.69, 9.17) is 16.5 Å². The van der Waals surface area contributed by atoms with Crippen molar-refractivity contribution in [3.8, 4) is 51.0 Å². The van der Waals surface area contributed by atoms with Gasteiger partial charge in [-0.15, -0.1) is 0 Å². The zero-order valence-corrected chi connectivity index (χ0v) is 24.6. The third-order valence-corrected chi connectivity index (χ3v) is 8.54. The fourth-order valence-electron chi connectivity index (χ4n) is 6.20. The van der Waals surface area contributed by atoms with Crippen molar-refractivity contribution in [2.24, 2.45) is 0 Å². The SMILES string of the molecule is [C-]#[N+]c1ccc(-c2ccc(-c3ccc(-c4nc(-c5ccc6cc(C#N)ccc6c5)c5ccccc5n4)c4ccccc34)cc2)cc1. The minimum atomic E-state index is 0.641. The van der Waals surface area contributed by atoms with Crippen LogP contribution in [0, 0.1) is 17.9 Å². The van der Waals surface area contributed by atoms with Crippen LogP contribution in [0.5, 0.6) is 0 Å². The monoisotopic (exact) mass is 584 g/mol. The van der Waals surface area contributed by atoms with Crippen molar-refractivity contribution >= 4 is 38.1 Å². The van der Waals surface area contributed by atoms with Gasteiger partial charge in [0.2, 0.25) is 0 Å². The molecule has 8 aromatic rings. The van der Waals surface area contributed by atoms with E-state index in [9.17, 15) is 5.26 Å². The molecule has 0 saturated heterocycles. The lowest BCUT2D eigenvalue weighted by Crippen LogP contribution is -1.96. The van der Waals surface area contributed by atoms with Gasteiger partial charge in [0.05, 0.1) is 29.4 Å². The first-order valence-electron chi connectivity index (χ1n) is 15.0. The van der Waals surface area contributed by atoms with E-state index in [1.54, 1.807) is 0 Å². The quantitative estimate of drug-likeness (QED) is 0.193. The molecule has 4 heteroatoms. The molecule has 0 bridgehead atoms. The number of nitriles is 1. The van der Waals surface area contributed by atoms with Gasteiger partial charge in [0.1, 0.15) is 0 Å². The molecule has 212 valence electrons. The highest BCUT2D eigenvalue weighted by Gasteiger charge is 2.16. The largest absolute Gasteiger partial charge is 0.238 e. The van der Waals surface area contributed by atoms with E-state index in [0.717, 1.165) is 71.5 Å². The third-order valence-electron chi connectivity index (χ3n) is 8.54. The number of rotatable bonds is 4. The van der Waals surface area contributed by atoms with Crippen molar-refractivity contribution in [2.45, 2.75) is 0 Å².